The van der Waals surface area contributed by atoms with Gasteiger partial charge >= 0.3 is 5.97 Å². The molecular weight excluding hydrogens is 512 g/mol. The Morgan fingerprint density at radius 3 is 2.67 bits per heavy atom. The van der Waals surface area contributed by atoms with Crippen LogP contribution in [0.2, 0.25) is 0 Å². The van der Waals surface area contributed by atoms with Crippen LogP contribution >= 0.6 is 11.3 Å². The molecule has 2 aliphatic rings. The number of benzene rings is 1. The van der Waals surface area contributed by atoms with Crippen LogP contribution in [0, 0.1) is 0 Å². The number of aliphatic hydroxyl groups excluding tert-OH is 1. The maximum absolute atomic E-state index is 12.7. The highest BCUT2D eigenvalue weighted by Crippen LogP contribution is 2.31. The van der Waals surface area contributed by atoms with Crippen LogP contribution in [-0.2, 0) is 20.7 Å². The van der Waals surface area contributed by atoms with Crippen LogP contribution in [0.3, 0.4) is 0 Å². The van der Waals surface area contributed by atoms with E-state index in [0.717, 1.165) is 89.0 Å². The lowest BCUT2D eigenvalue weighted by atomic mass is 10.0. The van der Waals surface area contributed by atoms with Gasteiger partial charge in [-0.05, 0) is 61.9 Å². The zero-order valence-corrected chi connectivity index (χ0v) is 24.1. The van der Waals surface area contributed by atoms with Crippen molar-refractivity contribution in [2.24, 2.45) is 0 Å². The molecule has 3 heterocycles. The van der Waals surface area contributed by atoms with Gasteiger partial charge < -0.3 is 19.5 Å². The molecule has 2 aliphatic heterocycles. The summed E-state index contributed by atoms with van der Waals surface area (Å²) in [6, 6.07) is 12.0. The smallest absolute Gasteiger partial charge is 0.348 e. The van der Waals surface area contributed by atoms with Gasteiger partial charge in [0, 0.05) is 42.7 Å². The first-order chi connectivity index (χ1) is 19.0. The third-order valence-electron chi connectivity index (χ3n) is 7.78. The molecule has 0 aliphatic carbocycles. The number of aliphatic hydroxyl groups is 1. The molecule has 8 heteroatoms. The van der Waals surface area contributed by atoms with E-state index in [4.69, 9.17) is 9.47 Å². The van der Waals surface area contributed by atoms with Crippen LogP contribution in [0.4, 0.5) is 5.69 Å². The van der Waals surface area contributed by atoms with Gasteiger partial charge in [0.25, 0.3) is 0 Å². The molecule has 214 valence electrons. The van der Waals surface area contributed by atoms with Crippen molar-refractivity contribution in [3.63, 3.8) is 0 Å². The number of morpholine rings is 1. The fourth-order valence-corrected chi connectivity index (χ4v) is 6.40. The number of ether oxygens (including phenoxy) is 2. The Morgan fingerprint density at radius 1 is 1.10 bits per heavy atom. The number of amides is 1. The van der Waals surface area contributed by atoms with Gasteiger partial charge in [-0.2, -0.15) is 0 Å². The van der Waals surface area contributed by atoms with E-state index >= 15 is 0 Å². The van der Waals surface area contributed by atoms with Crippen molar-refractivity contribution >= 4 is 28.9 Å². The summed E-state index contributed by atoms with van der Waals surface area (Å²) in [6.45, 7) is 6.59. The summed E-state index contributed by atoms with van der Waals surface area (Å²) >= 11 is 1.51. The standard InChI is InChI=1S/C31H44N2O5S/c1-2-3-4-5-9-28(34)24-10-12-26(13-11-24)33-25(14-17-30(33)35)7-6-8-27-15-16-29(39-27)31(36)38-23-20-32-18-21-37-22-19-32/h10-13,15-16,25,28,34H,2-9,14,17-23H2,1H3/t25-,28-/m0/s1. The molecule has 1 aromatic heterocycles. The van der Waals surface area contributed by atoms with Crippen LogP contribution < -0.4 is 4.90 Å². The Hall–Kier alpha value is -2.26. The van der Waals surface area contributed by atoms with Crippen LogP contribution in [0.25, 0.3) is 0 Å². The van der Waals surface area contributed by atoms with Crippen molar-refractivity contribution in [2.75, 3.05) is 44.4 Å². The predicted octanol–water partition coefficient (Wildman–Crippen LogP) is 5.76. The summed E-state index contributed by atoms with van der Waals surface area (Å²) in [5.74, 6) is -0.0762. The minimum atomic E-state index is -0.446. The molecule has 1 amide bonds. The van der Waals surface area contributed by atoms with E-state index in [9.17, 15) is 14.7 Å². The SMILES string of the molecule is CCCCCC[C@H](O)c1ccc(N2C(=O)CC[C@@H]2CCCc2ccc(C(=O)OCCN3CCOCC3)s2)cc1. The number of unbranched alkanes of at least 4 members (excludes halogenated alkanes) is 3. The number of rotatable bonds is 15. The van der Waals surface area contributed by atoms with Crippen LogP contribution in [0.15, 0.2) is 36.4 Å². The fourth-order valence-electron chi connectivity index (χ4n) is 5.46. The average Bonchev–Trinajstić information content (AvgIpc) is 3.58. The highest BCUT2D eigenvalue weighted by molar-refractivity contribution is 7.13. The van der Waals surface area contributed by atoms with E-state index < -0.39 is 6.10 Å². The normalized spacial score (nSPS) is 19.0. The minimum absolute atomic E-state index is 0.172. The molecule has 2 atom stereocenters. The highest BCUT2D eigenvalue weighted by Gasteiger charge is 2.31. The Kier molecular flexibility index (Phi) is 11.8. The zero-order chi connectivity index (χ0) is 27.5. The summed E-state index contributed by atoms with van der Waals surface area (Å²) in [4.78, 5) is 31.2. The maximum atomic E-state index is 12.7. The lowest BCUT2D eigenvalue weighted by Crippen LogP contribution is -2.38. The number of carbonyl (C=O) groups is 2. The van der Waals surface area contributed by atoms with E-state index in [1.807, 2.05) is 41.3 Å². The largest absolute Gasteiger partial charge is 0.460 e. The van der Waals surface area contributed by atoms with Gasteiger partial charge in [-0.3, -0.25) is 9.69 Å². The van der Waals surface area contributed by atoms with Crippen LogP contribution in [0.5, 0.6) is 0 Å². The number of hydrogen-bond acceptors (Lipinski definition) is 7. The Balaban J connectivity index is 1.21. The molecule has 0 unspecified atom stereocenters. The van der Waals surface area contributed by atoms with Gasteiger partial charge in [0.2, 0.25) is 5.91 Å². The average molecular weight is 557 g/mol. The van der Waals surface area contributed by atoms with Crippen molar-refractivity contribution in [2.45, 2.75) is 83.3 Å². The third-order valence-corrected chi connectivity index (χ3v) is 8.91. The van der Waals surface area contributed by atoms with Crippen LogP contribution in [-0.4, -0.2) is 67.4 Å². The zero-order valence-electron chi connectivity index (χ0n) is 23.3. The molecule has 1 aromatic carbocycles. The van der Waals surface area contributed by atoms with Crippen molar-refractivity contribution in [1.82, 2.24) is 4.90 Å². The second kappa shape index (κ2) is 15.5. The minimum Gasteiger partial charge on any atom is -0.460 e. The van der Waals surface area contributed by atoms with E-state index in [1.165, 1.54) is 29.1 Å². The number of anilines is 1. The molecule has 0 radical (unpaired) electrons. The first kappa shape index (κ1) is 29.7. The van der Waals surface area contributed by atoms with Crippen molar-refractivity contribution in [3.8, 4) is 0 Å². The fraction of sp³-hybridized carbons (Fsp3) is 0.613. The first-order valence-corrected chi connectivity index (χ1v) is 15.5. The van der Waals surface area contributed by atoms with Crippen molar-refractivity contribution < 1.29 is 24.2 Å². The summed E-state index contributed by atoms with van der Waals surface area (Å²) < 4.78 is 10.8. The van der Waals surface area contributed by atoms with Gasteiger partial charge in [0.15, 0.2) is 0 Å². The van der Waals surface area contributed by atoms with Gasteiger partial charge in [-0.15, -0.1) is 11.3 Å². The highest BCUT2D eigenvalue weighted by atomic mass is 32.1. The summed E-state index contributed by atoms with van der Waals surface area (Å²) in [6.07, 6.45) is 9.12. The molecule has 0 spiro atoms. The van der Waals surface area contributed by atoms with Gasteiger partial charge in [-0.1, -0.05) is 44.7 Å². The Bertz CT molecular complexity index is 1030. The lowest BCUT2D eigenvalue weighted by molar-refractivity contribution is -0.117. The van der Waals surface area contributed by atoms with Gasteiger partial charge in [0.05, 0.1) is 19.3 Å². The Morgan fingerprint density at radius 2 is 1.90 bits per heavy atom. The summed E-state index contributed by atoms with van der Waals surface area (Å²) in [5.41, 5.74) is 1.84. The predicted molar refractivity (Wildman–Crippen MR) is 155 cm³/mol. The summed E-state index contributed by atoms with van der Waals surface area (Å²) in [5, 5.41) is 10.5. The monoisotopic (exact) mass is 556 g/mol. The Labute approximate surface area is 237 Å². The third kappa shape index (κ3) is 8.87. The molecular formula is C31H44N2O5S. The molecule has 1 N–H and O–H groups in total. The summed E-state index contributed by atoms with van der Waals surface area (Å²) in [7, 11) is 0. The first-order valence-electron chi connectivity index (χ1n) is 14.7. The van der Waals surface area contributed by atoms with Crippen molar-refractivity contribution in [3.05, 3.63) is 51.7 Å². The molecule has 2 fully saturated rings. The van der Waals surface area contributed by atoms with E-state index in [-0.39, 0.29) is 17.9 Å². The van der Waals surface area contributed by atoms with Gasteiger partial charge in [0.1, 0.15) is 11.5 Å². The number of esters is 1. The number of thiophene rings is 1. The van der Waals surface area contributed by atoms with Crippen LogP contribution in [0.1, 0.15) is 90.9 Å². The topological polar surface area (TPSA) is 79.3 Å². The second-order valence-electron chi connectivity index (χ2n) is 10.7. The number of aryl methyl sites for hydroxylation is 1. The molecule has 0 bridgehead atoms. The molecule has 4 rings (SSSR count). The van der Waals surface area contributed by atoms with Gasteiger partial charge in [-0.25, -0.2) is 4.79 Å². The number of hydrogen-bond donors (Lipinski definition) is 1. The van der Waals surface area contributed by atoms with E-state index in [2.05, 4.69) is 11.8 Å². The maximum Gasteiger partial charge on any atom is 0.348 e. The molecule has 7 nitrogen and oxygen atoms in total. The van der Waals surface area contributed by atoms with E-state index in [1.54, 1.807) is 0 Å². The number of nitrogens with zero attached hydrogens (tertiary/aromatic N) is 2. The second-order valence-corrected chi connectivity index (χ2v) is 11.8. The molecule has 2 saturated heterocycles. The molecule has 2 aromatic rings. The molecule has 39 heavy (non-hydrogen) atoms. The molecule has 0 saturated carbocycles. The lowest BCUT2D eigenvalue weighted by Gasteiger charge is -2.26. The number of carbonyl (C=O) groups excluding carboxylic acids is 2. The van der Waals surface area contributed by atoms with Crippen molar-refractivity contribution in [1.29, 1.82) is 0 Å². The van der Waals surface area contributed by atoms with E-state index in [0.29, 0.717) is 17.9 Å². The quantitative estimate of drug-likeness (QED) is 0.222.